The highest BCUT2D eigenvalue weighted by Crippen LogP contribution is 2.25. The molecule has 5 rings (SSSR count). The maximum atomic E-state index is 11.5. The summed E-state index contributed by atoms with van der Waals surface area (Å²) in [6.07, 6.45) is 3.60. The van der Waals surface area contributed by atoms with Gasteiger partial charge in [-0.2, -0.15) is 9.97 Å². The molecule has 0 spiro atoms. The molecule has 2 aromatic heterocycles. The number of ether oxygens (including phenoxy) is 1. The van der Waals surface area contributed by atoms with Crippen LogP contribution in [0.2, 0.25) is 0 Å². The van der Waals surface area contributed by atoms with Crippen LogP contribution in [0.3, 0.4) is 0 Å². The number of fused-ring (bicyclic) bond motifs is 1. The number of hydrogen-bond donors (Lipinski definition) is 3. The first-order chi connectivity index (χ1) is 18.6. The second kappa shape index (κ2) is 11.4. The maximum absolute atomic E-state index is 11.5. The zero-order valence-corrected chi connectivity index (χ0v) is 21.1. The summed E-state index contributed by atoms with van der Waals surface area (Å²) < 4.78 is 7.13. The number of hydrogen-bond acceptors (Lipinski definition) is 7. The molecule has 0 fully saturated rings. The van der Waals surface area contributed by atoms with Gasteiger partial charge in [0, 0.05) is 24.3 Å². The van der Waals surface area contributed by atoms with Crippen LogP contribution in [0.25, 0.3) is 16.9 Å². The highest BCUT2D eigenvalue weighted by atomic mass is 16.5. The van der Waals surface area contributed by atoms with Gasteiger partial charge >= 0.3 is 0 Å². The van der Waals surface area contributed by atoms with Gasteiger partial charge < -0.3 is 21.1 Å². The van der Waals surface area contributed by atoms with Crippen LogP contribution >= 0.6 is 0 Å². The second-order valence-electron chi connectivity index (χ2n) is 8.81. The Bertz CT molecular complexity index is 1520. The number of primary amides is 1. The fourth-order valence-electron chi connectivity index (χ4n) is 4.14. The Morgan fingerprint density at radius 1 is 0.921 bits per heavy atom. The van der Waals surface area contributed by atoms with Crippen LogP contribution in [0.1, 0.15) is 27.9 Å². The van der Waals surface area contributed by atoms with E-state index in [0.29, 0.717) is 35.0 Å². The van der Waals surface area contributed by atoms with E-state index in [2.05, 4.69) is 39.9 Å². The predicted molar refractivity (Wildman–Crippen MR) is 149 cm³/mol. The van der Waals surface area contributed by atoms with E-state index in [4.69, 9.17) is 20.4 Å². The number of nitrogens with zero attached hydrogens (tertiary/aromatic N) is 4. The van der Waals surface area contributed by atoms with Gasteiger partial charge in [0.05, 0.1) is 7.11 Å². The fraction of sp³-hybridized carbons (Fsp3) is 0.172. The summed E-state index contributed by atoms with van der Waals surface area (Å²) in [6, 6.07) is 25.3. The van der Waals surface area contributed by atoms with Crippen molar-refractivity contribution in [2.45, 2.75) is 19.4 Å². The quantitative estimate of drug-likeness (QED) is 0.224. The van der Waals surface area contributed by atoms with Crippen LogP contribution in [0.4, 0.5) is 11.8 Å². The molecule has 0 aliphatic heterocycles. The van der Waals surface area contributed by atoms with Gasteiger partial charge in [0.2, 0.25) is 11.9 Å². The van der Waals surface area contributed by atoms with E-state index in [1.54, 1.807) is 25.6 Å². The third kappa shape index (κ3) is 5.73. The maximum Gasteiger partial charge on any atom is 0.248 e. The zero-order chi connectivity index (χ0) is 26.3. The lowest BCUT2D eigenvalue weighted by molar-refractivity contribution is 0.100. The average molecular weight is 508 g/mol. The number of carbonyl (C=O) groups is 1. The third-order valence-corrected chi connectivity index (χ3v) is 6.21. The molecule has 0 aliphatic rings. The number of nitrogens with two attached hydrogens (primary N) is 1. The van der Waals surface area contributed by atoms with Gasteiger partial charge in [0.15, 0.2) is 17.0 Å². The number of methoxy groups -OCH3 is 1. The van der Waals surface area contributed by atoms with Crippen molar-refractivity contribution in [3.63, 3.8) is 0 Å². The van der Waals surface area contributed by atoms with E-state index in [1.807, 2.05) is 47.0 Å². The Morgan fingerprint density at radius 3 is 2.39 bits per heavy atom. The number of carbonyl (C=O) groups excluding carboxylic acids is 1. The molecule has 1 amide bonds. The van der Waals surface area contributed by atoms with Crippen LogP contribution < -0.4 is 21.1 Å². The molecule has 0 aliphatic carbocycles. The van der Waals surface area contributed by atoms with Crippen molar-refractivity contribution in [3.05, 3.63) is 102 Å². The lowest BCUT2D eigenvalue weighted by Gasteiger charge is -2.11. The minimum atomic E-state index is -0.471. The van der Waals surface area contributed by atoms with Gasteiger partial charge in [-0.05, 0) is 60.4 Å². The number of amides is 1. The molecule has 9 nitrogen and oxygen atoms in total. The van der Waals surface area contributed by atoms with Gasteiger partial charge in [0.1, 0.15) is 12.1 Å². The normalized spacial score (nSPS) is 10.9. The largest absolute Gasteiger partial charge is 0.497 e. The minimum Gasteiger partial charge on any atom is -0.497 e. The Morgan fingerprint density at radius 2 is 1.68 bits per heavy atom. The van der Waals surface area contributed by atoms with Crippen molar-refractivity contribution in [3.8, 4) is 11.4 Å². The van der Waals surface area contributed by atoms with Crippen molar-refractivity contribution in [1.29, 1.82) is 0 Å². The molecule has 0 radical (unpaired) electrons. The summed E-state index contributed by atoms with van der Waals surface area (Å²) in [4.78, 5) is 25.6. The number of benzene rings is 3. The SMILES string of the molecule is COc1ccc(CNc2nc(NCCCc3ccccc3)nc3c2ncn3-c2ccc(C(N)=O)cc2)cc1. The lowest BCUT2D eigenvalue weighted by Crippen LogP contribution is -2.11. The summed E-state index contributed by atoms with van der Waals surface area (Å²) in [5, 5.41) is 6.79. The Hall–Kier alpha value is -4.92. The molecule has 9 heteroatoms. The molecule has 0 bridgehead atoms. The first-order valence-corrected chi connectivity index (χ1v) is 12.4. The number of aromatic nitrogens is 4. The first-order valence-electron chi connectivity index (χ1n) is 12.4. The van der Waals surface area contributed by atoms with Crippen molar-refractivity contribution < 1.29 is 9.53 Å². The van der Waals surface area contributed by atoms with Crippen LogP contribution in [-0.2, 0) is 13.0 Å². The van der Waals surface area contributed by atoms with Gasteiger partial charge in [-0.25, -0.2) is 4.98 Å². The van der Waals surface area contributed by atoms with E-state index >= 15 is 0 Å². The molecule has 192 valence electrons. The average Bonchev–Trinajstić information content (AvgIpc) is 3.39. The summed E-state index contributed by atoms with van der Waals surface area (Å²) in [7, 11) is 1.65. The summed E-state index contributed by atoms with van der Waals surface area (Å²) in [6.45, 7) is 1.28. The third-order valence-electron chi connectivity index (χ3n) is 6.21. The van der Waals surface area contributed by atoms with Crippen molar-refractivity contribution >= 4 is 28.8 Å². The molecular formula is C29H29N7O2. The van der Waals surface area contributed by atoms with Crippen LogP contribution in [0.15, 0.2) is 85.2 Å². The molecule has 0 saturated heterocycles. The van der Waals surface area contributed by atoms with Crippen LogP contribution in [-0.4, -0.2) is 39.1 Å². The number of nitrogens with one attached hydrogen (secondary N) is 2. The smallest absolute Gasteiger partial charge is 0.248 e. The monoisotopic (exact) mass is 507 g/mol. The minimum absolute atomic E-state index is 0.440. The molecule has 5 aromatic rings. The summed E-state index contributed by atoms with van der Waals surface area (Å²) in [5.74, 6) is 1.48. The first kappa shape index (κ1) is 24.8. The molecule has 0 atom stereocenters. The van der Waals surface area contributed by atoms with Crippen LogP contribution in [0, 0.1) is 0 Å². The molecule has 4 N–H and O–H groups in total. The van der Waals surface area contributed by atoms with Gasteiger partial charge in [-0.1, -0.05) is 42.5 Å². The zero-order valence-electron chi connectivity index (χ0n) is 21.1. The van der Waals surface area contributed by atoms with Crippen molar-refractivity contribution in [1.82, 2.24) is 19.5 Å². The number of anilines is 2. The fourth-order valence-corrected chi connectivity index (χ4v) is 4.14. The topological polar surface area (TPSA) is 120 Å². The summed E-state index contributed by atoms with van der Waals surface area (Å²) >= 11 is 0. The molecular weight excluding hydrogens is 478 g/mol. The van der Waals surface area contributed by atoms with Crippen LogP contribution in [0.5, 0.6) is 5.75 Å². The highest BCUT2D eigenvalue weighted by molar-refractivity contribution is 5.93. The van der Waals surface area contributed by atoms with E-state index < -0.39 is 5.91 Å². The molecule has 2 heterocycles. The molecule has 38 heavy (non-hydrogen) atoms. The van der Waals surface area contributed by atoms with Gasteiger partial charge in [-0.15, -0.1) is 0 Å². The standard InChI is InChI=1S/C29H29N7O2/c1-38-24-15-9-21(10-16-24)18-32-27-25-28(36(19-33-25)23-13-11-22(12-14-23)26(30)37)35-29(34-27)31-17-5-8-20-6-3-2-4-7-20/h2-4,6-7,9-16,19H,5,8,17-18H2,1H3,(H2,30,37)(H2,31,32,34,35). The lowest BCUT2D eigenvalue weighted by atomic mass is 10.1. The van der Waals surface area contributed by atoms with Gasteiger partial charge in [0.25, 0.3) is 0 Å². The predicted octanol–water partition coefficient (Wildman–Crippen LogP) is 4.58. The number of rotatable bonds is 11. The number of aryl methyl sites for hydroxylation is 1. The Labute approximate surface area is 220 Å². The molecule has 3 aromatic carbocycles. The Kier molecular flexibility index (Phi) is 7.44. The number of imidazole rings is 1. The molecule has 0 unspecified atom stereocenters. The van der Waals surface area contributed by atoms with E-state index in [9.17, 15) is 4.79 Å². The van der Waals surface area contributed by atoms with Crippen molar-refractivity contribution in [2.24, 2.45) is 5.73 Å². The molecule has 0 saturated carbocycles. The summed E-state index contributed by atoms with van der Waals surface area (Å²) in [5.41, 5.74) is 10.3. The van der Waals surface area contributed by atoms with E-state index in [0.717, 1.165) is 36.4 Å². The van der Waals surface area contributed by atoms with E-state index in [-0.39, 0.29) is 0 Å². The highest BCUT2D eigenvalue weighted by Gasteiger charge is 2.15. The van der Waals surface area contributed by atoms with Gasteiger partial charge in [-0.3, -0.25) is 9.36 Å². The Balaban J connectivity index is 1.40. The van der Waals surface area contributed by atoms with E-state index in [1.165, 1.54) is 5.56 Å². The van der Waals surface area contributed by atoms with Crippen molar-refractivity contribution in [2.75, 3.05) is 24.3 Å². The second-order valence-corrected chi connectivity index (χ2v) is 8.81.